The van der Waals surface area contributed by atoms with Gasteiger partial charge in [-0.1, -0.05) is 38.1 Å². The summed E-state index contributed by atoms with van der Waals surface area (Å²) in [6.07, 6.45) is 0. The van der Waals surface area contributed by atoms with E-state index >= 15 is 0 Å². The second kappa shape index (κ2) is 6.74. The zero-order chi connectivity index (χ0) is 17.1. The van der Waals surface area contributed by atoms with E-state index in [-0.39, 0.29) is 12.7 Å². The molecule has 0 atom stereocenters. The van der Waals surface area contributed by atoms with Crippen molar-refractivity contribution in [2.75, 3.05) is 6.79 Å². The third-order valence-corrected chi connectivity index (χ3v) is 3.96. The molecule has 1 N–H and O–H groups in total. The summed E-state index contributed by atoms with van der Waals surface area (Å²) < 4.78 is 10.5. The Hall–Kier alpha value is -2.82. The Kier molecular flexibility index (Phi) is 4.51. The zero-order valence-electron chi connectivity index (χ0n) is 14.0. The normalized spacial score (nSPS) is 13.2. The minimum atomic E-state index is -0.286. The molecule has 0 bridgehead atoms. The Morgan fingerprint density at radius 2 is 1.71 bits per heavy atom. The number of ether oxygens (including phenoxy) is 2. The fourth-order valence-electron chi connectivity index (χ4n) is 2.41. The topological polar surface area (TPSA) is 59.9 Å². The van der Waals surface area contributed by atoms with Gasteiger partial charge in [-0.2, -0.15) is 5.10 Å². The van der Waals surface area contributed by atoms with Crippen molar-refractivity contribution < 1.29 is 14.3 Å². The Balaban J connectivity index is 1.69. The predicted molar refractivity (Wildman–Crippen MR) is 92.8 cm³/mol. The second-order valence-corrected chi connectivity index (χ2v) is 5.98. The van der Waals surface area contributed by atoms with Crippen molar-refractivity contribution in [1.29, 1.82) is 0 Å². The van der Waals surface area contributed by atoms with Crippen LogP contribution in [0.5, 0.6) is 11.5 Å². The molecule has 0 saturated carbocycles. The number of benzene rings is 2. The van der Waals surface area contributed by atoms with Crippen LogP contribution in [0, 0.1) is 0 Å². The van der Waals surface area contributed by atoms with Crippen molar-refractivity contribution in [2.24, 2.45) is 5.10 Å². The first kappa shape index (κ1) is 16.1. The maximum Gasteiger partial charge on any atom is 0.271 e. The molecule has 2 aromatic carbocycles. The predicted octanol–water partition coefficient (Wildman–Crippen LogP) is 3.69. The van der Waals surface area contributed by atoms with E-state index in [9.17, 15) is 4.79 Å². The van der Waals surface area contributed by atoms with Crippen molar-refractivity contribution in [1.82, 2.24) is 5.43 Å². The van der Waals surface area contributed by atoms with Crippen LogP contribution in [0.4, 0.5) is 0 Å². The fourth-order valence-corrected chi connectivity index (χ4v) is 2.41. The number of carbonyl (C=O) groups is 1. The molecule has 0 aromatic heterocycles. The van der Waals surface area contributed by atoms with Crippen LogP contribution in [0.3, 0.4) is 0 Å². The summed E-state index contributed by atoms with van der Waals surface area (Å²) in [6, 6.07) is 13.3. The van der Waals surface area contributed by atoms with Gasteiger partial charge in [0.2, 0.25) is 6.79 Å². The number of hydrogen-bond acceptors (Lipinski definition) is 4. The molecule has 5 nitrogen and oxygen atoms in total. The summed E-state index contributed by atoms with van der Waals surface area (Å²) in [5, 5.41) is 4.18. The Bertz CT molecular complexity index is 780. The highest BCUT2D eigenvalue weighted by atomic mass is 16.7. The van der Waals surface area contributed by atoms with Gasteiger partial charge in [-0.05, 0) is 42.2 Å². The molecule has 0 fully saturated rings. The number of hydrazone groups is 1. The maximum absolute atomic E-state index is 12.2. The van der Waals surface area contributed by atoms with Crippen LogP contribution < -0.4 is 14.9 Å². The summed E-state index contributed by atoms with van der Waals surface area (Å²) in [5.74, 6) is 1.43. The molecule has 0 spiro atoms. The molecule has 1 aliphatic heterocycles. The number of nitrogens with zero attached hydrogens (tertiary/aromatic N) is 1. The smallest absolute Gasteiger partial charge is 0.271 e. The van der Waals surface area contributed by atoms with E-state index in [0.717, 1.165) is 11.3 Å². The number of amides is 1. The summed E-state index contributed by atoms with van der Waals surface area (Å²) in [6.45, 7) is 6.36. The number of carbonyl (C=O) groups excluding carboxylic acids is 1. The molecule has 3 rings (SSSR count). The summed E-state index contributed by atoms with van der Waals surface area (Å²) >= 11 is 0. The van der Waals surface area contributed by atoms with Crippen molar-refractivity contribution in [3.05, 3.63) is 59.2 Å². The van der Waals surface area contributed by atoms with Crippen LogP contribution in [0.2, 0.25) is 0 Å². The van der Waals surface area contributed by atoms with Gasteiger partial charge in [-0.15, -0.1) is 0 Å². The monoisotopic (exact) mass is 324 g/mol. The number of fused-ring (bicyclic) bond motifs is 1. The summed E-state index contributed by atoms with van der Waals surface area (Å²) in [5.41, 5.74) is 6.06. The van der Waals surface area contributed by atoms with E-state index in [0.29, 0.717) is 23.0 Å². The van der Waals surface area contributed by atoms with Gasteiger partial charge in [0.25, 0.3) is 5.91 Å². The molecule has 24 heavy (non-hydrogen) atoms. The minimum Gasteiger partial charge on any atom is -0.454 e. The highest BCUT2D eigenvalue weighted by molar-refractivity contribution is 6.01. The molecule has 5 heteroatoms. The molecule has 0 aliphatic carbocycles. The zero-order valence-corrected chi connectivity index (χ0v) is 14.0. The van der Waals surface area contributed by atoms with Crippen molar-refractivity contribution in [3.8, 4) is 11.5 Å². The van der Waals surface area contributed by atoms with Crippen LogP contribution in [-0.4, -0.2) is 18.4 Å². The molecule has 0 unspecified atom stereocenters. The van der Waals surface area contributed by atoms with Gasteiger partial charge < -0.3 is 9.47 Å². The van der Waals surface area contributed by atoms with E-state index in [4.69, 9.17) is 9.47 Å². The van der Waals surface area contributed by atoms with Crippen LogP contribution in [-0.2, 0) is 0 Å². The molecule has 0 saturated heterocycles. The van der Waals surface area contributed by atoms with Crippen LogP contribution in [0.1, 0.15) is 48.2 Å². The first-order valence-electron chi connectivity index (χ1n) is 7.89. The van der Waals surface area contributed by atoms with Crippen LogP contribution in [0.25, 0.3) is 0 Å². The van der Waals surface area contributed by atoms with E-state index in [1.807, 2.05) is 19.1 Å². The number of rotatable bonds is 4. The largest absolute Gasteiger partial charge is 0.454 e. The molecular formula is C19H20N2O3. The molecule has 1 aliphatic rings. The van der Waals surface area contributed by atoms with Gasteiger partial charge in [-0.3, -0.25) is 4.79 Å². The molecule has 2 aromatic rings. The van der Waals surface area contributed by atoms with Gasteiger partial charge >= 0.3 is 0 Å². The average Bonchev–Trinajstić information content (AvgIpc) is 3.07. The highest BCUT2D eigenvalue weighted by Crippen LogP contribution is 2.32. The molecular weight excluding hydrogens is 304 g/mol. The Morgan fingerprint density at radius 3 is 2.42 bits per heavy atom. The van der Waals surface area contributed by atoms with E-state index in [2.05, 4.69) is 36.5 Å². The lowest BCUT2D eigenvalue weighted by Crippen LogP contribution is -2.19. The fraction of sp³-hybridized carbons (Fsp3) is 0.263. The lowest BCUT2D eigenvalue weighted by atomic mass is 10.0. The van der Waals surface area contributed by atoms with Gasteiger partial charge in [0, 0.05) is 5.56 Å². The van der Waals surface area contributed by atoms with Gasteiger partial charge in [0.05, 0.1) is 5.71 Å². The van der Waals surface area contributed by atoms with Crippen molar-refractivity contribution in [3.63, 3.8) is 0 Å². The van der Waals surface area contributed by atoms with Gasteiger partial charge in [0.15, 0.2) is 11.5 Å². The Labute approximate surface area is 141 Å². The number of hydrogen-bond donors (Lipinski definition) is 1. The van der Waals surface area contributed by atoms with Crippen molar-refractivity contribution in [2.45, 2.75) is 26.7 Å². The van der Waals surface area contributed by atoms with E-state index < -0.39 is 0 Å². The highest BCUT2D eigenvalue weighted by Gasteiger charge is 2.16. The first-order valence-corrected chi connectivity index (χ1v) is 7.89. The summed E-state index contributed by atoms with van der Waals surface area (Å²) in [4.78, 5) is 12.2. The van der Waals surface area contributed by atoms with Crippen molar-refractivity contribution >= 4 is 11.6 Å². The SMILES string of the molecule is C/C(=N/NC(=O)c1ccc2c(c1)OCO2)c1ccc(C(C)C)cc1. The van der Waals surface area contributed by atoms with E-state index in [1.165, 1.54) is 5.56 Å². The Morgan fingerprint density at radius 1 is 1.04 bits per heavy atom. The molecule has 1 amide bonds. The third kappa shape index (κ3) is 3.40. The average molecular weight is 324 g/mol. The standard InChI is InChI=1S/C19H20N2O3/c1-12(2)14-4-6-15(7-5-14)13(3)20-21-19(22)16-8-9-17-18(10-16)24-11-23-17/h4-10,12H,11H2,1-3H3,(H,21,22)/b20-13-. The quantitative estimate of drug-likeness (QED) is 0.689. The minimum absolute atomic E-state index is 0.185. The third-order valence-electron chi connectivity index (χ3n) is 3.96. The number of nitrogens with one attached hydrogen (secondary N) is 1. The van der Waals surface area contributed by atoms with Gasteiger partial charge in [0.1, 0.15) is 0 Å². The molecule has 1 heterocycles. The second-order valence-electron chi connectivity index (χ2n) is 5.98. The lowest BCUT2D eigenvalue weighted by molar-refractivity contribution is 0.0954. The molecule has 0 radical (unpaired) electrons. The van der Waals surface area contributed by atoms with Gasteiger partial charge in [-0.25, -0.2) is 5.43 Å². The molecule has 124 valence electrons. The van der Waals surface area contributed by atoms with E-state index in [1.54, 1.807) is 18.2 Å². The lowest BCUT2D eigenvalue weighted by Gasteiger charge is -2.07. The van der Waals surface area contributed by atoms with Crippen LogP contribution >= 0.6 is 0 Å². The first-order chi connectivity index (χ1) is 11.5. The summed E-state index contributed by atoms with van der Waals surface area (Å²) in [7, 11) is 0. The maximum atomic E-state index is 12.2. The van der Waals surface area contributed by atoms with Crippen LogP contribution in [0.15, 0.2) is 47.6 Å².